The highest BCUT2D eigenvalue weighted by Crippen LogP contribution is 2.42. The van der Waals surface area contributed by atoms with Crippen molar-refractivity contribution in [1.29, 1.82) is 0 Å². The second-order valence-electron chi connectivity index (χ2n) is 16.6. The summed E-state index contributed by atoms with van der Waals surface area (Å²) in [5.74, 6) is 0.641. The van der Waals surface area contributed by atoms with Crippen LogP contribution >= 0.6 is 0 Å². The van der Waals surface area contributed by atoms with Gasteiger partial charge in [0.25, 0.3) is 0 Å². The number of hydrogen-bond donors (Lipinski definition) is 0. The Bertz CT molecular complexity index is 4210. The van der Waals surface area contributed by atoms with E-state index >= 15 is 0 Å². The number of hydrogen-bond acceptors (Lipinski definition) is 2. The van der Waals surface area contributed by atoms with E-state index in [0.717, 1.165) is 55.5 Å². The topological polar surface area (TPSA) is 40.6 Å². The Kier molecular flexibility index (Phi) is 7.05. The van der Waals surface area contributed by atoms with Crippen LogP contribution in [0.1, 0.15) is 0 Å². The van der Waals surface area contributed by atoms with E-state index in [4.69, 9.17) is 9.97 Å². The highest BCUT2D eigenvalue weighted by Gasteiger charge is 2.22. The van der Waals surface area contributed by atoms with Crippen LogP contribution in [0.15, 0.2) is 212 Å². The number of fused-ring (bicyclic) bond motifs is 13. The lowest BCUT2D eigenvalue weighted by atomic mass is 10.0. The highest BCUT2D eigenvalue weighted by molar-refractivity contribution is 6.22. The molecule has 5 nitrogen and oxygen atoms in total. The minimum Gasteiger partial charge on any atom is -0.309 e. The van der Waals surface area contributed by atoms with Gasteiger partial charge in [-0.1, -0.05) is 133 Å². The molecule has 0 aliphatic carbocycles. The van der Waals surface area contributed by atoms with Crippen LogP contribution in [0.2, 0.25) is 0 Å². The highest BCUT2D eigenvalue weighted by atomic mass is 15.2. The van der Waals surface area contributed by atoms with Gasteiger partial charge in [0.2, 0.25) is 5.95 Å². The lowest BCUT2D eigenvalue weighted by molar-refractivity contribution is 1.01. The van der Waals surface area contributed by atoms with Crippen LogP contribution in [-0.4, -0.2) is 23.7 Å². The van der Waals surface area contributed by atoms with E-state index in [0.29, 0.717) is 5.95 Å². The number of para-hydroxylation sites is 4. The molecule has 10 aromatic carbocycles. The molecular formula is C58H35N5. The third-order valence-electron chi connectivity index (χ3n) is 13.2. The molecular weight excluding hydrogens is 767 g/mol. The first-order valence-corrected chi connectivity index (χ1v) is 21.5. The third kappa shape index (κ3) is 4.93. The fourth-order valence-electron chi connectivity index (χ4n) is 10.4. The molecule has 0 aliphatic heterocycles. The molecule has 0 amide bonds. The molecule has 0 saturated carbocycles. The first kappa shape index (κ1) is 34.2. The molecule has 4 aromatic heterocycles. The normalized spacial score (nSPS) is 12.1. The van der Waals surface area contributed by atoms with Gasteiger partial charge in [-0.05, 0) is 100 Å². The number of nitrogens with zero attached hydrogens (tertiary/aromatic N) is 5. The van der Waals surface area contributed by atoms with Crippen LogP contribution < -0.4 is 0 Å². The van der Waals surface area contributed by atoms with Crippen molar-refractivity contribution in [3.8, 4) is 28.6 Å². The van der Waals surface area contributed by atoms with Gasteiger partial charge in [0, 0.05) is 54.6 Å². The largest absolute Gasteiger partial charge is 0.309 e. The molecule has 292 valence electrons. The molecule has 14 aromatic rings. The van der Waals surface area contributed by atoms with Gasteiger partial charge in [0.15, 0.2) is 0 Å². The van der Waals surface area contributed by atoms with E-state index in [-0.39, 0.29) is 0 Å². The van der Waals surface area contributed by atoms with Crippen molar-refractivity contribution >= 4 is 97.9 Å². The number of rotatable bonds is 4. The van der Waals surface area contributed by atoms with Crippen LogP contribution in [0.3, 0.4) is 0 Å². The van der Waals surface area contributed by atoms with Gasteiger partial charge in [-0.25, -0.2) is 9.97 Å². The zero-order valence-electron chi connectivity index (χ0n) is 33.9. The Morgan fingerprint density at radius 2 is 0.857 bits per heavy atom. The Labute approximate surface area is 360 Å². The maximum Gasteiger partial charge on any atom is 0.235 e. The quantitative estimate of drug-likeness (QED) is 0.178. The second kappa shape index (κ2) is 13.0. The molecule has 0 fully saturated rings. The molecule has 0 unspecified atom stereocenters. The smallest absolute Gasteiger partial charge is 0.235 e. The molecule has 0 spiro atoms. The summed E-state index contributed by atoms with van der Waals surface area (Å²) in [6.45, 7) is 0. The zero-order chi connectivity index (χ0) is 41.2. The van der Waals surface area contributed by atoms with E-state index < -0.39 is 0 Å². The Hall–Kier alpha value is -8.54. The standard InChI is InChI=1S/C58H35N5/c1-2-17-40(18-3-1)61-50-24-12-9-20-43(50)46-33-39(27-29-52(46)61)57-45-22-8-11-23-49(45)59-58(60-57)63-53-31-28-41(35-48(53)56-42-19-7-6-14-36(42)26-30-54(56)63)62-51-25-13-10-21-44(51)47-32-37-15-4-5-16-38(37)34-55(47)62/h1-35H. The van der Waals surface area contributed by atoms with E-state index in [1.807, 2.05) is 0 Å². The lowest BCUT2D eigenvalue weighted by Crippen LogP contribution is -2.03. The summed E-state index contributed by atoms with van der Waals surface area (Å²) in [4.78, 5) is 10.9. The van der Waals surface area contributed by atoms with Gasteiger partial charge in [-0.15, -0.1) is 0 Å². The molecule has 0 aliphatic rings. The van der Waals surface area contributed by atoms with Gasteiger partial charge < -0.3 is 9.13 Å². The molecule has 0 radical (unpaired) electrons. The Morgan fingerprint density at radius 1 is 0.286 bits per heavy atom. The average Bonchev–Trinajstić information content (AvgIpc) is 3.98. The van der Waals surface area contributed by atoms with Crippen LogP contribution in [0.4, 0.5) is 0 Å². The van der Waals surface area contributed by atoms with Gasteiger partial charge in [0.1, 0.15) is 0 Å². The SMILES string of the molecule is c1ccc(-n2c3ccccc3c3cc(-c4nc(-n5c6ccc(-n7c8ccccc8c8cc9ccccc9cc87)cc6c6c7ccccc7ccc65)nc5ccccc45)ccc32)cc1. The van der Waals surface area contributed by atoms with Gasteiger partial charge in [-0.3, -0.25) is 4.57 Å². The fraction of sp³-hybridized carbons (Fsp3) is 0. The zero-order valence-corrected chi connectivity index (χ0v) is 33.9. The van der Waals surface area contributed by atoms with Crippen LogP contribution in [0.25, 0.3) is 126 Å². The summed E-state index contributed by atoms with van der Waals surface area (Å²) < 4.78 is 7.06. The number of benzene rings is 10. The van der Waals surface area contributed by atoms with Crippen molar-refractivity contribution in [2.45, 2.75) is 0 Å². The van der Waals surface area contributed by atoms with Crippen LogP contribution in [0.5, 0.6) is 0 Å². The second-order valence-corrected chi connectivity index (χ2v) is 16.6. The predicted molar refractivity (Wildman–Crippen MR) is 263 cm³/mol. The molecule has 0 N–H and O–H groups in total. The fourth-order valence-corrected chi connectivity index (χ4v) is 10.4. The van der Waals surface area contributed by atoms with Crippen molar-refractivity contribution in [1.82, 2.24) is 23.7 Å². The van der Waals surface area contributed by atoms with Gasteiger partial charge in [0.05, 0.1) is 44.3 Å². The Morgan fingerprint density at radius 3 is 1.65 bits per heavy atom. The van der Waals surface area contributed by atoms with Crippen LogP contribution in [-0.2, 0) is 0 Å². The van der Waals surface area contributed by atoms with Crippen molar-refractivity contribution in [3.05, 3.63) is 212 Å². The maximum atomic E-state index is 5.57. The molecule has 5 heteroatoms. The molecule has 0 saturated heterocycles. The average molecular weight is 802 g/mol. The van der Waals surface area contributed by atoms with Gasteiger partial charge >= 0.3 is 0 Å². The maximum absolute atomic E-state index is 5.57. The third-order valence-corrected chi connectivity index (χ3v) is 13.2. The molecule has 4 heterocycles. The van der Waals surface area contributed by atoms with E-state index in [1.165, 1.54) is 65.0 Å². The first-order chi connectivity index (χ1) is 31.2. The minimum absolute atomic E-state index is 0.641. The first-order valence-electron chi connectivity index (χ1n) is 21.5. The van der Waals surface area contributed by atoms with Crippen molar-refractivity contribution in [2.75, 3.05) is 0 Å². The van der Waals surface area contributed by atoms with Crippen LogP contribution in [0, 0.1) is 0 Å². The Balaban J connectivity index is 1.04. The summed E-state index contributed by atoms with van der Waals surface area (Å²) in [5, 5.41) is 13.1. The molecule has 0 bridgehead atoms. The summed E-state index contributed by atoms with van der Waals surface area (Å²) in [7, 11) is 0. The van der Waals surface area contributed by atoms with Crippen molar-refractivity contribution < 1.29 is 0 Å². The molecule has 0 atom stereocenters. The van der Waals surface area contributed by atoms with Gasteiger partial charge in [-0.2, -0.15) is 0 Å². The van der Waals surface area contributed by atoms with Crippen molar-refractivity contribution in [2.24, 2.45) is 0 Å². The predicted octanol–water partition coefficient (Wildman–Crippen LogP) is 14.9. The molecule has 14 rings (SSSR count). The summed E-state index contributed by atoms with van der Waals surface area (Å²) in [6.07, 6.45) is 0. The minimum atomic E-state index is 0.641. The van der Waals surface area contributed by atoms with Crippen molar-refractivity contribution in [3.63, 3.8) is 0 Å². The monoisotopic (exact) mass is 801 g/mol. The molecule has 63 heavy (non-hydrogen) atoms. The number of aromatic nitrogens is 5. The lowest BCUT2D eigenvalue weighted by Gasteiger charge is -2.13. The summed E-state index contributed by atoms with van der Waals surface area (Å²) in [5.41, 5.74) is 11.9. The van der Waals surface area contributed by atoms with E-state index in [2.05, 4.69) is 226 Å². The van der Waals surface area contributed by atoms with E-state index in [9.17, 15) is 0 Å². The summed E-state index contributed by atoms with van der Waals surface area (Å²) in [6, 6.07) is 76.7. The summed E-state index contributed by atoms with van der Waals surface area (Å²) >= 11 is 0. The van der Waals surface area contributed by atoms with E-state index in [1.54, 1.807) is 0 Å².